The summed E-state index contributed by atoms with van der Waals surface area (Å²) in [6.07, 6.45) is 2.02. The van der Waals surface area contributed by atoms with Crippen molar-refractivity contribution in [2.24, 2.45) is 4.99 Å². The van der Waals surface area contributed by atoms with Gasteiger partial charge in [0.2, 0.25) is 8.45 Å². The van der Waals surface area contributed by atoms with Gasteiger partial charge >= 0.3 is 0 Å². The third-order valence-electron chi connectivity index (χ3n) is 5.59. The maximum atomic E-state index is 6.87. The summed E-state index contributed by atoms with van der Waals surface area (Å²) < 4.78 is 11.7. The smallest absolute Gasteiger partial charge is 0.224 e. The van der Waals surface area contributed by atoms with Crippen LogP contribution in [0.4, 0.5) is 11.4 Å². The van der Waals surface area contributed by atoms with Gasteiger partial charge in [-0.2, -0.15) is 0 Å². The van der Waals surface area contributed by atoms with Crippen LogP contribution in [0.1, 0.15) is 81.8 Å². The Hall–Kier alpha value is -1.74. The standard InChI is InChI=1S/C29H46N3OP/c1-19(2)32(20(3)4)34(33-29(11,12)13)31(28-25(9)16-22(6)17-26(28)10)18-30-27-23(7)14-21(5)15-24(27)8/h14-20H,1-13H3. The molecule has 0 saturated carbocycles. The van der Waals surface area contributed by atoms with Crippen LogP contribution in [0.25, 0.3) is 0 Å². The summed E-state index contributed by atoms with van der Waals surface area (Å²) in [6, 6.07) is 9.55. The Kier molecular flexibility index (Phi) is 9.50. The van der Waals surface area contributed by atoms with Gasteiger partial charge < -0.3 is 4.52 Å². The van der Waals surface area contributed by atoms with Crippen LogP contribution in [-0.4, -0.2) is 28.7 Å². The van der Waals surface area contributed by atoms with Crippen molar-refractivity contribution >= 4 is 26.2 Å². The van der Waals surface area contributed by atoms with Crippen molar-refractivity contribution in [3.8, 4) is 0 Å². The molecule has 0 aliphatic carbocycles. The van der Waals surface area contributed by atoms with Crippen molar-refractivity contribution in [1.29, 1.82) is 0 Å². The molecule has 5 heteroatoms. The quantitative estimate of drug-likeness (QED) is 0.213. The van der Waals surface area contributed by atoms with Crippen LogP contribution in [0.3, 0.4) is 0 Å². The largest absolute Gasteiger partial charge is 0.321 e. The van der Waals surface area contributed by atoms with E-state index in [9.17, 15) is 0 Å². The number of rotatable bonds is 8. The highest BCUT2D eigenvalue weighted by atomic mass is 31.2. The van der Waals surface area contributed by atoms with E-state index >= 15 is 0 Å². The predicted octanol–water partition coefficient (Wildman–Crippen LogP) is 8.86. The number of anilines is 1. The predicted molar refractivity (Wildman–Crippen MR) is 152 cm³/mol. The van der Waals surface area contributed by atoms with E-state index in [1.807, 2.05) is 6.34 Å². The summed E-state index contributed by atoms with van der Waals surface area (Å²) >= 11 is 0. The lowest BCUT2D eigenvalue weighted by Gasteiger charge is -2.44. The Bertz CT molecular complexity index is 967. The number of aryl methyl sites for hydroxylation is 6. The second-order valence-corrected chi connectivity index (χ2v) is 12.7. The molecule has 0 spiro atoms. The molecule has 1 unspecified atom stereocenters. The normalized spacial score (nSPS) is 13.5. The number of hydrogen-bond acceptors (Lipinski definition) is 3. The van der Waals surface area contributed by atoms with Crippen LogP contribution >= 0.6 is 8.45 Å². The Labute approximate surface area is 210 Å². The van der Waals surface area contributed by atoms with Crippen LogP contribution < -0.4 is 4.67 Å². The zero-order valence-electron chi connectivity index (χ0n) is 23.7. The van der Waals surface area contributed by atoms with Crippen molar-refractivity contribution in [1.82, 2.24) is 4.67 Å². The van der Waals surface area contributed by atoms with Gasteiger partial charge in [-0.3, -0.25) is 4.67 Å². The second kappa shape index (κ2) is 11.3. The summed E-state index contributed by atoms with van der Waals surface area (Å²) in [5.41, 5.74) is 9.29. The zero-order chi connectivity index (χ0) is 26.0. The Morgan fingerprint density at radius 3 is 1.56 bits per heavy atom. The van der Waals surface area contributed by atoms with Crippen molar-refractivity contribution in [2.75, 3.05) is 4.67 Å². The van der Waals surface area contributed by atoms with Gasteiger partial charge in [0, 0.05) is 12.1 Å². The SMILES string of the molecule is Cc1cc(C)c(N=CN(c2c(C)cc(C)cc2C)P(OC(C)(C)C)N(C(C)C)C(C)C)c(C)c1. The summed E-state index contributed by atoms with van der Waals surface area (Å²) in [5, 5.41) is 0. The number of benzene rings is 2. The van der Waals surface area contributed by atoms with Gasteiger partial charge in [0.05, 0.1) is 17.0 Å². The molecule has 0 saturated heterocycles. The highest BCUT2D eigenvalue weighted by Gasteiger charge is 2.36. The maximum Gasteiger partial charge on any atom is 0.224 e. The molecular weight excluding hydrogens is 437 g/mol. The van der Waals surface area contributed by atoms with Gasteiger partial charge in [-0.15, -0.1) is 0 Å². The van der Waals surface area contributed by atoms with Crippen LogP contribution in [-0.2, 0) is 4.52 Å². The van der Waals surface area contributed by atoms with Crippen molar-refractivity contribution in [3.05, 3.63) is 57.6 Å². The number of hydrogen-bond donors (Lipinski definition) is 0. The monoisotopic (exact) mass is 483 g/mol. The molecule has 0 radical (unpaired) electrons. The molecule has 2 aromatic carbocycles. The third-order valence-corrected chi connectivity index (χ3v) is 8.29. The van der Waals surface area contributed by atoms with Crippen LogP contribution in [0.2, 0.25) is 0 Å². The summed E-state index contributed by atoms with van der Waals surface area (Å²) in [6.45, 7) is 28.4. The van der Waals surface area contributed by atoms with E-state index in [2.05, 4.69) is 124 Å². The van der Waals surface area contributed by atoms with Gasteiger partial charge in [0.1, 0.15) is 6.34 Å². The van der Waals surface area contributed by atoms with Gasteiger partial charge in [-0.05, 0) is 112 Å². The average molecular weight is 484 g/mol. The summed E-state index contributed by atoms with van der Waals surface area (Å²) in [7, 11) is -1.18. The topological polar surface area (TPSA) is 28.1 Å². The zero-order valence-corrected chi connectivity index (χ0v) is 24.6. The minimum absolute atomic E-state index is 0.304. The van der Waals surface area contributed by atoms with Crippen molar-refractivity contribution < 1.29 is 4.52 Å². The highest BCUT2D eigenvalue weighted by molar-refractivity contribution is 7.53. The second-order valence-electron chi connectivity index (χ2n) is 11.1. The number of nitrogens with zero attached hydrogens (tertiary/aromatic N) is 3. The fourth-order valence-corrected chi connectivity index (χ4v) is 6.96. The molecule has 0 aliphatic heterocycles. The first kappa shape index (κ1) is 28.5. The van der Waals surface area contributed by atoms with Crippen LogP contribution in [0.15, 0.2) is 29.3 Å². The first-order chi connectivity index (χ1) is 15.6. The molecule has 2 rings (SSSR count). The Balaban J connectivity index is 2.80. The minimum atomic E-state index is -1.18. The summed E-state index contributed by atoms with van der Waals surface area (Å²) in [5.74, 6) is 0. The molecule has 0 bridgehead atoms. The molecule has 4 nitrogen and oxygen atoms in total. The van der Waals surface area contributed by atoms with E-state index in [-0.39, 0.29) is 5.60 Å². The molecule has 0 amide bonds. The fraction of sp³-hybridized carbons (Fsp3) is 0.552. The number of aliphatic imine (C=N–C) groups is 1. The molecule has 0 N–H and O–H groups in total. The van der Waals surface area contributed by atoms with Crippen molar-refractivity contribution in [3.63, 3.8) is 0 Å². The van der Waals surface area contributed by atoms with Crippen LogP contribution in [0, 0.1) is 41.5 Å². The fourth-order valence-electron chi connectivity index (χ4n) is 4.65. The Morgan fingerprint density at radius 1 is 0.765 bits per heavy atom. The molecule has 0 aromatic heterocycles. The molecule has 0 aliphatic rings. The molecule has 0 heterocycles. The maximum absolute atomic E-state index is 6.87. The van der Waals surface area contributed by atoms with Gasteiger partial charge in [0.25, 0.3) is 0 Å². The van der Waals surface area contributed by atoms with E-state index in [0.717, 1.165) is 5.69 Å². The molecular formula is C29H46N3OP. The highest BCUT2D eigenvalue weighted by Crippen LogP contribution is 2.53. The molecule has 1 atom stereocenters. The molecule has 0 fully saturated rings. The van der Waals surface area contributed by atoms with Gasteiger partial charge in [-0.25, -0.2) is 9.66 Å². The van der Waals surface area contributed by atoms with Gasteiger partial charge in [0.15, 0.2) is 0 Å². The Morgan fingerprint density at radius 2 is 1.18 bits per heavy atom. The molecule has 2 aromatic rings. The van der Waals surface area contributed by atoms with E-state index < -0.39 is 8.45 Å². The average Bonchev–Trinajstić information content (AvgIpc) is 2.62. The summed E-state index contributed by atoms with van der Waals surface area (Å²) in [4.78, 5) is 5.09. The third kappa shape index (κ3) is 7.13. The molecule has 34 heavy (non-hydrogen) atoms. The minimum Gasteiger partial charge on any atom is -0.321 e. The van der Waals surface area contributed by atoms with E-state index in [1.165, 1.54) is 39.1 Å². The van der Waals surface area contributed by atoms with E-state index in [1.54, 1.807) is 0 Å². The molecule has 188 valence electrons. The lowest BCUT2D eigenvalue weighted by molar-refractivity contribution is 0.126. The van der Waals surface area contributed by atoms with E-state index in [0.29, 0.717) is 12.1 Å². The lowest BCUT2D eigenvalue weighted by atomic mass is 10.1. The van der Waals surface area contributed by atoms with Gasteiger partial charge in [-0.1, -0.05) is 35.4 Å². The first-order valence-corrected chi connectivity index (χ1v) is 13.6. The first-order valence-electron chi connectivity index (χ1n) is 12.4. The van der Waals surface area contributed by atoms with Crippen LogP contribution in [0.5, 0.6) is 0 Å². The lowest BCUT2D eigenvalue weighted by Crippen LogP contribution is -2.40. The van der Waals surface area contributed by atoms with Crippen molar-refractivity contribution in [2.45, 2.75) is 108 Å². The van der Waals surface area contributed by atoms with E-state index in [4.69, 9.17) is 9.52 Å².